The Balaban J connectivity index is 2.32. The van der Waals surface area contributed by atoms with Crippen LogP contribution in [0.3, 0.4) is 0 Å². The van der Waals surface area contributed by atoms with Crippen LogP contribution in [0.25, 0.3) is 0 Å². The molecular formula is C3H7ClNO2P. The first kappa shape index (κ1) is 6.56. The van der Waals surface area contributed by atoms with E-state index in [1.165, 1.54) is 0 Å². The van der Waals surface area contributed by atoms with Gasteiger partial charge in [0.1, 0.15) is 11.2 Å². The molecular weight excluding hydrogens is 148 g/mol. The van der Waals surface area contributed by atoms with Gasteiger partial charge in [-0.05, 0) is 0 Å². The van der Waals surface area contributed by atoms with Crippen molar-refractivity contribution in [2.45, 2.75) is 11.2 Å². The third kappa shape index (κ3) is 1.46. The van der Waals surface area contributed by atoms with E-state index >= 15 is 0 Å². The third-order valence-electron chi connectivity index (χ3n) is 0.957. The van der Waals surface area contributed by atoms with Crippen molar-refractivity contribution in [3.8, 4) is 0 Å². The molecule has 0 aromatic carbocycles. The summed E-state index contributed by atoms with van der Waals surface area (Å²) >= 11 is 5.50. The Labute approximate surface area is 53.0 Å². The van der Waals surface area contributed by atoms with Gasteiger partial charge >= 0.3 is 0 Å². The highest BCUT2D eigenvalue weighted by Gasteiger charge is 2.33. The minimum Gasteiger partial charge on any atom is -0.371 e. The van der Waals surface area contributed by atoms with Crippen molar-refractivity contribution in [1.82, 2.24) is 0 Å². The highest BCUT2D eigenvalue weighted by atomic mass is 35.5. The molecule has 0 saturated carbocycles. The first-order valence-corrected chi connectivity index (χ1v) is 4.27. The highest BCUT2D eigenvalue weighted by molar-refractivity contribution is 7.45. The second kappa shape index (κ2) is 2.36. The van der Waals surface area contributed by atoms with E-state index in [1.54, 1.807) is 0 Å². The van der Waals surface area contributed by atoms with Gasteiger partial charge in [0.25, 0.3) is 0 Å². The molecule has 0 aliphatic carbocycles. The lowest BCUT2D eigenvalue weighted by molar-refractivity contribution is 0.416. The van der Waals surface area contributed by atoms with E-state index in [0.29, 0.717) is 6.61 Å². The average Bonchev–Trinajstić information content (AvgIpc) is 2.43. The van der Waals surface area contributed by atoms with Crippen molar-refractivity contribution in [3.63, 3.8) is 0 Å². The van der Waals surface area contributed by atoms with Gasteiger partial charge in [-0.15, -0.1) is 11.6 Å². The van der Waals surface area contributed by atoms with E-state index in [0.717, 1.165) is 0 Å². The second-order valence-corrected chi connectivity index (χ2v) is 3.94. The molecule has 3 nitrogen and oxygen atoms in total. The lowest BCUT2D eigenvalue weighted by Crippen LogP contribution is -2.04. The zero-order chi connectivity index (χ0) is 6.15. The first-order valence-electron chi connectivity index (χ1n) is 2.27. The second-order valence-electron chi connectivity index (χ2n) is 1.68. The van der Waals surface area contributed by atoms with Gasteiger partial charge in [-0.2, -0.15) is 0 Å². The standard InChI is InChI=1S/C3H7ClNO2P/c4-3(8(5)6)2-1-7-2/h2-3,8H,1H2,(H2,5,6). The molecule has 0 spiro atoms. The molecule has 1 saturated heterocycles. The molecule has 3 atom stereocenters. The fraction of sp³-hybridized carbons (Fsp3) is 1.00. The van der Waals surface area contributed by atoms with Crippen molar-refractivity contribution in [2.75, 3.05) is 6.61 Å². The first-order chi connectivity index (χ1) is 3.72. The zero-order valence-electron chi connectivity index (χ0n) is 4.13. The van der Waals surface area contributed by atoms with Gasteiger partial charge in [0.05, 0.1) is 6.61 Å². The number of hydrogen-bond donors (Lipinski definition) is 1. The van der Waals surface area contributed by atoms with E-state index in [4.69, 9.17) is 21.8 Å². The van der Waals surface area contributed by atoms with Crippen molar-refractivity contribution in [2.24, 2.45) is 5.50 Å². The van der Waals surface area contributed by atoms with Crippen molar-refractivity contribution < 1.29 is 9.30 Å². The van der Waals surface area contributed by atoms with Gasteiger partial charge in [0.2, 0.25) is 0 Å². The Morgan fingerprint density at radius 3 is 2.62 bits per heavy atom. The van der Waals surface area contributed by atoms with Crippen LogP contribution >= 0.6 is 19.6 Å². The lowest BCUT2D eigenvalue weighted by atomic mass is 10.6. The largest absolute Gasteiger partial charge is 0.371 e. The van der Waals surface area contributed by atoms with Crippen LogP contribution in [0, 0.1) is 0 Å². The maximum absolute atomic E-state index is 10.4. The predicted octanol–water partition coefficient (Wildman–Crippen LogP) is 0.384. The normalized spacial score (nSPS) is 34.0. The highest BCUT2D eigenvalue weighted by Crippen LogP contribution is 2.33. The maximum atomic E-state index is 10.4. The summed E-state index contributed by atoms with van der Waals surface area (Å²) in [6, 6.07) is 0. The van der Waals surface area contributed by atoms with Crippen LogP contribution in [-0.2, 0) is 9.30 Å². The van der Waals surface area contributed by atoms with Crippen molar-refractivity contribution >= 4 is 19.6 Å². The minimum atomic E-state index is -2.06. The summed E-state index contributed by atoms with van der Waals surface area (Å²) in [5.41, 5.74) is 5.01. The van der Waals surface area contributed by atoms with Crippen LogP contribution in [0.5, 0.6) is 0 Å². The Morgan fingerprint density at radius 1 is 2.00 bits per heavy atom. The van der Waals surface area contributed by atoms with Gasteiger partial charge in [0, 0.05) is 0 Å². The number of halogens is 1. The summed E-state index contributed by atoms with van der Waals surface area (Å²) in [6.07, 6.45) is -0.0342. The molecule has 1 heterocycles. The van der Waals surface area contributed by atoms with Crippen LogP contribution in [0.15, 0.2) is 0 Å². The fourth-order valence-electron chi connectivity index (χ4n) is 0.408. The van der Waals surface area contributed by atoms with Gasteiger partial charge in [-0.3, -0.25) is 5.50 Å². The number of hydrogen-bond acceptors (Lipinski definition) is 2. The molecule has 1 rings (SSSR count). The maximum Gasteiger partial charge on any atom is 0.153 e. The molecule has 1 fully saturated rings. The summed E-state index contributed by atoms with van der Waals surface area (Å²) in [4.78, 5) is 0. The summed E-state index contributed by atoms with van der Waals surface area (Å²) in [6.45, 7) is 0.613. The van der Waals surface area contributed by atoms with Crippen molar-refractivity contribution in [3.05, 3.63) is 0 Å². The molecule has 2 N–H and O–H groups in total. The summed E-state index contributed by atoms with van der Waals surface area (Å²) in [5.74, 6) is 0. The van der Waals surface area contributed by atoms with Crippen LogP contribution in [0.4, 0.5) is 0 Å². The van der Waals surface area contributed by atoms with Crippen LogP contribution < -0.4 is 5.50 Å². The number of epoxide rings is 1. The average molecular weight is 156 g/mol. The summed E-state index contributed by atoms with van der Waals surface area (Å²) in [7, 11) is -2.06. The molecule has 5 heteroatoms. The molecule has 1 aliphatic heterocycles. The smallest absolute Gasteiger partial charge is 0.153 e. The number of alkyl halides is 1. The third-order valence-corrected chi connectivity index (χ3v) is 2.80. The van der Waals surface area contributed by atoms with Crippen LogP contribution in [-0.4, -0.2) is 17.8 Å². The summed E-state index contributed by atoms with van der Waals surface area (Å²) in [5, 5.41) is -0.444. The van der Waals surface area contributed by atoms with E-state index in [1.807, 2.05) is 0 Å². The summed E-state index contributed by atoms with van der Waals surface area (Å²) < 4.78 is 15.1. The Hall–Kier alpha value is 0.440. The molecule has 48 valence electrons. The van der Waals surface area contributed by atoms with E-state index in [-0.39, 0.29) is 6.10 Å². The minimum absolute atomic E-state index is 0.0342. The predicted molar refractivity (Wildman–Crippen MR) is 32.6 cm³/mol. The quantitative estimate of drug-likeness (QED) is 0.356. The molecule has 1 aliphatic rings. The van der Waals surface area contributed by atoms with Gasteiger partial charge in [-0.25, -0.2) is 0 Å². The molecule has 0 aromatic rings. The Kier molecular flexibility index (Phi) is 1.93. The molecule has 0 bridgehead atoms. The molecule has 0 amide bonds. The van der Waals surface area contributed by atoms with Crippen molar-refractivity contribution in [1.29, 1.82) is 0 Å². The van der Waals surface area contributed by atoms with Crippen LogP contribution in [0.1, 0.15) is 0 Å². The van der Waals surface area contributed by atoms with E-state index < -0.39 is 13.1 Å². The SMILES string of the molecule is N[PH](=O)C(Cl)C1CO1. The fourth-order valence-corrected chi connectivity index (χ4v) is 1.11. The molecule has 0 aromatic heterocycles. The number of nitrogens with two attached hydrogens (primary N) is 1. The number of ether oxygens (including phenoxy) is 1. The molecule has 8 heavy (non-hydrogen) atoms. The Morgan fingerprint density at radius 2 is 2.50 bits per heavy atom. The van der Waals surface area contributed by atoms with E-state index in [2.05, 4.69) is 0 Å². The monoisotopic (exact) mass is 155 g/mol. The van der Waals surface area contributed by atoms with Gasteiger partial charge in [0.15, 0.2) is 7.95 Å². The van der Waals surface area contributed by atoms with E-state index in [9.17, 15) is 4.57 Å². The number of rotatable bonds is 2. The zero-order valence-corrected chi connectivity index (χ0v) is 5.89. The van der Waals surface area contributed by atoms with Gasteiger partial charge in [-0.1, -0.05) is 0 Å². The Bertz CT molecular complexity index is 116. The molecule has 3 unspecified atom stereocenters. The van der Waals surface area contributed by atoms with Gasteiger partial charge < -0.3 is 9.30 Å². The topological polar surface area (TPSA) is 55.6 Å². The lowest BCUT2D eigenvalue weighted by Gasteiger charge is -1.97. The van der Waals surface area contributed by atoms with Crippen LogP contribution in [0.2, 0.25) is 0 Å². The molecule has 0 radical (unpaired) electrons.